The number of carbonyl (C=O) groups is 1. The van der Waals surface area contributed by atoms with Gasteiger partial charge in [0.1, 0.15) is 17.4 Å². The smallest absolute Gasteiger partial charge is 0.307 e. The van der Waals surface area contributed by atoms with Crippen LogP contribution in [0.15, 0.2) is 36.4 Å². The van der Waals surface area contributed by atoms with Crippen molar-refractivity contribution in [3.05, 3.63) is 53.6 Å². The first-order chi connectivity index (χ1) is 9.51. The third-order valence-electron chi connectivity index (χ3n) is 2.87. The number of halogens is 2. The van der Waals surface area contributed by atoms with Gasteiger partial charge in [-0.15, -0.1) is 0 Å². The second-order valence-electron chi connectivity index (χ2n) is 4.22. The van der Waals surface area contributed by atoms with Crippen molar-refractivity contribution in [2.75, 3.05) is 7.11 Å². The van der Waals surface area contributed by atoms with Gasteiger partial charge in [-0.05, 0) is 35.4 Å². The quantitative estimate of drug-likeness (QED) is 0.933. The Morgan fingerprint density at radius 2 is 1.90 bits per heavy atom. The Morgan fingerprint density at radius 3 is 2.50 bits per heavy atom. The molecule has 0 aliphatic carbocycles. The number of aliphatic carboxylic acids is 1. The number of hydrogen-bond donors (Lipinski definition) is 1. The highest BCUT2D eigenvalue weighted by molar-refractivity contribution is 5.72. The maximum absolute atomic E-state index is 13.9. The van der Waals surface area contributed by atoms with Crippen LogP contribution >= 0.6 is 0 Å². The van der Waals surface area contributed by atoms with Gasteiger partial charge in [0.05, 0.1) is 13.5 Å². The van der Waals surface area contributed by atoms with Gasteiger partial charge in [0, 0.05) is 11.6 Å². The summed E-state index contributed by atoms with van der Waals surface area (Å²) in [6, 6.07) is 8.19. The molecule has 0 atom stereocenters. The lowest BCUT2D eigenvalue weighted by Gasteiger charge is -2.08. The molecule has 2 rings (SSSR count). The zero-order valence-corrected chi connectivity index (χ0v) is 10.7. The van der Waals surface area contributed by atoms with E-state index in [-0.39, 0.29) is 11.1 Å². The first kappa shape index (κ1) is 14.0. The van der Waals surface area contributed by atoms with Gasteiger partial charge in [-0.3, -0.25) is 4.79 Å². The predicted molar refractivity (Wildman–Crippen MR) is 69.7 cm³/mol. The Morgan fingerprint density at radius 1 is 1.15 bits per heavy atom. The molecule has 2 aromatic carbocycles. The zero-order valence-electron chi connectivity index (χ0n) is 10.7. The van der Waals surface area contributed by atoms with E-state index in [1.54, 1.807) is 6.07 Å². The van der Waals surface area contributed by atoms with E-state index in [2.05, 4.69) is 0 Å². The van der Waals surface area contributed by atoms with Crippen LogP contribution in [0.1, 0.15) is 5.56 Å². The summed E-state index contributed by atoms with van der Waals surface area (Å²) >= 11 is 0. The van der Waals surface area contributed by atoms with Gasteiger partial charge in [0.2, 0.25) is 0 Å². The van der Waals surface area contributed by atoms with Crippen LogP contribution in [-0.2, 0) is 11.2 Å². The lowest BCUT2D eigenvalue weighted by molar-refractivity contribution is -0.136. The van der Waals surface area contributed by atoms with Crippen LogP contribution in [0, 0.1) is 11.6 Å². The first-order valence-electron chi connectivity index (χ1n) is 5.85. The number of methoxy groups -OCH3 is 1. The van der Waals surface area contributed by atoms with E-state index in [0.717, 1.165) is 6.07 Å². The molecule has 0 heterocycles. The molecule has 3 nitrogen and oxygen atoms in total. The molecule has 0 fully saturated rings. The molecule has 2 aromatic rings. The van der Waals surface area contributed by atoms with Gasteiger partial charge in [-0.2, -0.15) is 0 Å². The normalized spacial score (nSPS) is 10.3. The fourth-order valence-corrected chi connectivity index (χ4v) is 1.90. The molecule has 0 aromatic heterocycles. The lowest BCUT2D eigenvalue weighted by atomic mass is 10.0. The molecule has 0 bridgehead atoms. The van der Waals surface area contributed by atoms with Crippen molar-refractivity contribution in [1.82, 2.24) is 0 Å². The fourth-order valence-electron chi connectivity index (χ4n) is 1.90. The van der Waals surface area contributed by atoms with Gasteiger partial charge in [-0.1, -0.05) is 6.07 Å². The molecule has 5 heteroatoms. The average molecular weight is 278 g/mol. The van der Waals surface area contributed by atoms with E-state index in [9.17, 15) is 13.6 Å². The molecule has 0 saturated carbocycles. The van der Waals surface area contributed by atoms with E-state index in [1.165, 1.54) is 31.4 Å². The highest BCUT2D eigenvalue weighted by atomic mass is 19.1. The Bertz CT molecular complexity index is 654. The lowest BCUT2D eigenvalue weighted by Crippen LogP contribution is -2.02. The van der Waals surface area contributed by atoms with E-state index < -0.39 is 24.0 Å². The maximum atomic E-state index is 13.9. The van der Waals surface area contributed by atoms with Gasteiger partial charge in [-0.25, -0.2) is 8.78 Å². The van der Waals surface area contributed by atoms with E-state index in [0.29, 0.717) is 11.3 Å². The Hall–Kier alpha value is -2.43. The highest BCUT2D eigenvalue weighted by Crippen LogP contribution is 2.27. The molecular formula is C15H12F2O3. The minimum Gasteiger partial charge on any atom is -0.497 e. The molecule has 104 valence electrons. The summed E-state index contributed by atoms with van der Waals surface area (Å²) in [5.41, 5.74) is 0.699. The summed E-state index contributed by atoms with van der Waals surface area (Å²) in [6.45, 7) is 0. The minimum atomic E-state index is -1.14. The van der Waals surface area contributed by atoms with Crippen LogP contribution in [0.4, 0.5) is 8.78 Å². The third-order valence-corrected chi connectivity index (χ3v) is 2.87. The van der Waals surface area contributed by atoms with Crippen LogP contribution in [0.2, 0.25) is 0 Å². The molecule has 0 aliphatic heterocycles. The van der Waals surface area contributed by atoms with Gasteiger partial charge < -0.3 is 9.84 Å². The monoisotopic (exact) mass is 278 g/mol. The second kappa shape index (κ2) is 5.69. The van der Waals surface area contributed by atoms with E-state index in [1.807, 2.05) is 0 Å². The average Bonchev–Trinajstić information content (AvgIpc) is 2.41. The standard InChI is InChI=1S/C15H12F2O3/c1-20-11-3-4-12(14(17)8-11)9-2-5-13(16)10(6-9)7-15(18)19/h2-6,8H,7H2,1H3,(H,18,19). The Kier molecular flexibility index (Phi) is 3.98. The zero-order chi connectivity index (χ0) is 14.7. The SMILES string of the molecule is COc1ccc(-c2ccc(F)c(CC(=O)O)c2)c(F)c1. The predicted octanol–water partition coefficient (Wildman–Crippen LogP) is 3.27. The third kappa shape index (κ3) is 2.93. The van der Waals surface area contributed by atoms with Crippen molar-refractivity contribution >= 4 is 5.97 Å². The molecule has 0 unspecified atom stereocenters. The second-order valence-corrected chi connectivity index (χ2v) is 4.22. The summed E-state index contributed by atoms with van der Waals surface area (Å²) < 4.78 is 32.3. The van der Waals surface area contributed by atoms with E-state index in [4.69, 9.17) is 9.84 Å². The van der Waals surface area contributed by atoms with Crippen LogP contribution in [-0.4, -0.2) is 18.2 Å². The number of carboxylic acids is 1. The number of carboxylic acid groups (broad SMARTS) is 1. The Balaban J connectivity index is 2.45. The molecule has 1 N–H and O–H groups in total. The van der Waals surface area contributed by atoms with Crippen molar-refractivity contribution < 1.29 is 23.4 Å². The molecular weight excluding hydrogens is 266 g/mol. The van der Waals surface area contributed by atoms with Crippen molar-refractivity contribution in [2.24, 2.45) is 0 Å². The molecule has 0 radical (unpaired) electrons. The van der Waals surface area contributed by atoms with Gasteiger partial charge >= 0.3 is 5.97 Å². The number of benzene rings is 2. The van der Waals surface area contributed by atoms with Crippen molar-refractivity contribution in [3.8, 4) is 16.9 Å². The molecule has 0 amide bonds. The maximum Gasteiger partial charge on any atom is 0.307 e. The van der Waals surface area contributed by atoms with Crippen LogP contribution < -0.4 is 4.74 Å². The molecule has 20 heavy (non-hydrogen) atoms. The number of hydrogen-bond acceptors (Lipinski definition) is 2. The van der Waals surface area contributed by atoms with Gasteiger partial charge in [0.15, 0.2) is 0 Å². The van der Waals surface area contributed by atoms with Crippen molar-refractivity contribution in [3.63, 3.8) is 0 Å². The summed E-state index contributed by atoms with van der Waals surface area (Å²) in [4.78, 5) is 10.7. The first-order valence-corrected chi connectivity index (χ1v) is 5.85. The topological polar surface area (TPSA) is 46.5 Å². The molecule has 0 aliphatic rings. The summed E-state index contributed by atoms with van der Waals surface area (Å²) in [6.07, 6.45) is -0.447. The Labute approximate surface area is 114 Å². The highest BCUT2D eigenvalue weighted by Gasteiger charge is 2.11. The molecule has 0 saturated heterocycles. The summed E-state index contributed by atoms with van der Waals surface area (Å²) in [5.74, 6) is -1.90. The van der Waals surface area contributed by atoms with Crippen LogP contribution in [0.5, 0.6) is 5.75 Å². The van der Waals surface area contributed by atoms with Crippen molar-refractivity contribution in [2.45, 2.75) is 6.42 Å². The largest absolute Gasteiger partial charge is 0.497 e. The number of rotatable bonds is 4. The van der Waals surface area contributed by atoms with Crippen molar-refractivity contribution in [1.29, 1.82) is 0 Å². The summed E-state index contributed by atoms with van der Waals surface area (Å²) in [5, 5.41) is 8.72. The van der Waals surface area contributed by atoms with E-state index >= 15 is 0 Å². The van der Waals surface area contributed by atoms with Gasteiger partial charge in [0.25, 0.3) is 0 Å². The van der Waals surface area contributed by atoms with Crippen LogP contribution in [0.25, 0.3) is 11.1 Å². The minimum absolute atomic E-state index is 0.0187. The number of ether oxygens (including phenoxy) is 1. The summed E-state index contributed by atoms with van der Waals surface area (Å²) in [7, 11) is 1.43. The molecule has 0 spiro atoms. The van der Waals surface area contributed by atoms with Crippen LogP contribution in [0.3, 0.4) is 0 Å². The fraction of sp³-hybridized carbons (Fsp3) is 0.133.